The molecule has 0 aliphatic carbocycles. The minimum Gasteiger partial charge on any atom is -0.476 e. The first-order valence-electron chi connectivity index (χ1n) is 11.3. The lowest BCUT2D eigenvalue weighted by Crippen LogP contribution is -2.36. The number of hydrazone groups is 1. The number of nitrogens with one attached hydrogen (secondary N) is 1. The normalized spacial score (nSPS) is 17.8. The molecule has 1 aromatic heterocycles. The van der Waals surface area contributed by atoms with E-state index in [2.05, 4.69) is 44.4 Å². The van der Waals surface area contributed by atoms with Crippen LogP contribution in [0, 0.1) is 6.92 Å². The van der Waals surface area contributed by atoms with Crippen molar-refractivity contribution < 1.29 is 9.47 Å². The minimum absolute atomic E-state index is 0.634. The number of ether oxygens (including phenoxy) is 2. The third-order valence-corrected chi connectivity index (χ3v) is 5.70. The number of benzene rings is 1. The Morgan fingerprint density at radius 1 is 1.10 bits per heavy atom. The fraction of sp³-hybridized carbons (Fsp3) is 0.500. The van der Waals surface area contributed by atoms with E-state index in [1.165, 1.54) is 37.9 Å². The summed E-state index contributed by atoms with van der Waals surface area (Å²) < 4.78 is 11.6. The van der Waals surface area contributed by atoms with Crippen molar-refractivity contribution in [2.24, 2.45) is 5.10 Å². The smallest absolute Gasteiger partial charge is 0.217 e. The summed E-state index contributed by atoms with van der Waals surface area (Å²) in [5.41, 5.74) is 6.43. The van der Waals surface area contributed by atoms with Crippen molar-refractivity contribution in [3.05, 3.63) is 47.5 Å². The van der Waals surface area contributed by atoms with Gasteiger partial charge in [0.05, 0.1) is 19.4 Å². The molecule has 2 fully saturated rings. The van der Waals surface area contributed by atoms with Crippen molar-refractivity contribution in [1.82, 2.24) is 9.88 Å². The summed E-state index contributed by atoms with van der Waals surface area (Å²) in [5.74, 6) is 1.31. The molecule has 0 unspecified atom stereocenters. The van der Waals surface area contributed by atoms with E-state index < -0.39 is 0 Å². The molecule has 1 aromatic carbocycles. The average Bonchev–Trinajstić information content (AvgIpc) is 2.80. The van der Waals surface area contributed by atoms with Gasteiger partial charge in [-0.25, -0.2) is 0 Å². The molecule has 0 bridgehead atoms. The molecule has 2 saturated heterocycles. The van der Waals surface area contributed by atoms with Gasteiger partial charge < -0.3 is 14.4 Å². The zero-order valence-electron chi connectivity index (χ0n) is 18.4. The molecule has 31 heavy (non-hydrogen) atoms. The molecule has 0 saturated carbocycles. The van der Waals surface area contributed by atoms with Crippen LogP contribution >= 0.6 is 0 Å². The summed E-state index contributed by atoms with van der Waals surface area (Å²) in [6.45, 7) is 9.21. The molecule has 7 nitrogen and oxygen atoms in total. The molecular weight excluding hydrogens is 390 g/mol. The van der Waals surface area contributed by atoms with Crippen LogP contribution in [0.1, 0.15) is 30.4 Å². The minimum atomic E-state index is 0.634. The Kier molecular flexibility index (Phi) is 7.74. The van der Waals surface area contributed by atoms with Crippen LogP contribution in [0.15, 0.2) is 41.5 Å². The largest absolute Gasteiger partial charge is 0.476 e. The van der Waals surface area contributed by atoms with Crippen molar-refractivity contribution in [3.8, 4) is 5.88 Å². The Balaban J connectivity index is 1.43. The van der Waals surface area contributed by atoms with Crippen LogP contribution in [0.2, 0.25) is 0 Å². The first-order chi connectivity index (χ1) is 15.3. The van der Waals surface area contributed by atoms with E-state index in [-0.39, 0.29) is 0 Å². The first kappa shape index (κ1) is 21.6. The van der Waals surface area contributed by atoms with Crippen LogP contribution < -0.4 is 15.1 Å². The number of piperidine rings is 1. The fourth-order valence-electron chi connectivity index (χ4n) is 4.01. The zero-order chi connectivity index (χ0) is 21.3. The van der Waals surface area contributed by atoms with E-state index in [1.54, 1.807) is 0 Å². The molecule has 3 heterocycles. The van der Waals surface area contributed by atoms with Gasteiger partial charge in [-0.3, -0.25) is 10.3 Å². The van der Waals surface area contributed by atoms with Crippen molar-refractivity contribution in [1.29, 1.82) is 0 Å². The molecule has 7 heteroatoms. The number of rotatable bonds is 8. The van der Waals surface area contributed by atoms with Gasteiger partial charge in [-0.15, -0.1) is 0 Å². The Labute approximate surface area is 185 Å². The van der Waals surface area contributed by atoms with E-state index in [4.69, 9.17) is 9.47 Å². The Morgan fingerprint density at radius 2 is 1.94 bits per heavy atom. The molecule has 2 aliphatic heterocycles. The number of anilines is 2. The van der Waals surface area contributed by atoms with Crippen LogP contribution in [0.25, 0.3) is 0 Å². The van der Waals surface area contributed by atoms with Gasteiger partial charge in [0.2, 0.25) is 5.88 Å². The van der Waals surface area contributed by atoms with E-state index in [0.29, 0.717) is 18.3 Å². The molecule has 2 aliphatic rings. The van der Waals surface area contributed by atoms with Crippen molar-refractivity contribution >= 4 is 17.7 Å². The van der Waals surface area contributed by atoms with E-state index in [9.17, 15) is 0 Å². The average molecular weight is 424 g/mol. The lowest BCUT2D eigenvalue weighted by Gasteiger charge is -2.29. The summed E-state index contributed by atoms with van der Waals surface area (Å²) in [6, 6.07) is 12.3. The Bertz CT molecular complexity index is 861. The van der Waals surface area contributed by atoms with Gasteiger partial charge in [0, 0.05) is 37.5 Å². The lowest BCUT2D eigenvalue weighted by molar-refractivity contribution is 0.122. The number of pyridine rings is 1. The maximum Gasteiger partial charge on any atom is 0.217 e. The highest BCUT2D eigenvalue weighted by atomic mass is 16.5. The summed E-state index contributed by atoms with van der Waals surface area (Å²) in [6.07, 6.45) is 5.74. The molecule has 4 rings (SSSR count). The highest BCUT2D eigenvalue weighted by Gasteiger charge is 2.15. The molecular formula is C24H33N5O2. The second-order valence-corrected chi connectivity index (χ2v) is 8.18. The van der Waals surface area contributed by atoms with E-state index >= 15 is 0 Å². The highest BCUT2D eigenvalue weighted by molar-refractivity contribution is 5.80. The van der Waals surface area contributed by atoms with Gasteiger partial charge in [-0.1, -0.05) is 36.2 Å². The Morgan fingerprint density at radius 3 is 2.74 bits per heavy atom. The second-order valence-electron chi connectivity index (χ2n) is 8.18. The molecule has 0 atom stereocenters. The third kappa shape index (κ3) is 6.67. The van der Waals surface area contributed by atoms with Gasteiger partial charge in [-0.05, 0) is 38.4 Å². The topological polar surface area (TPSA) is 62.2 Å². The van der Waals surface area contributed by atoms with Crippen molar-refractivity contribution in [2.45, 2.75) is 26.2 Å². The monoisotopic (exact) mass is 423 g/mol. The first-order valence-corrected chi connectivity index (χ1v) is 11.3. The van der Waals surface area contributed by atoms with E-state index in [0.717, 1.165) is 44.1 Å². The standard InChI is InChI=1S/C24H33N5O2/c1-20-6-5-7-21(16-20)19-25-27-23-17-22(29-11-13-30-14-12-29)18-24(26-23)31-15-10-28-8-3-2-4-9-28/h5-7,16-19H,2-4,8-15H2,1H3,(H,26,27)/b25-19+. The number of hydrogen-bond acceptors (Lipinski definition) is 7. The SMILES string of the molecule is Cc1cccc(/C=N/Nc2cc(N3CCOCC3)cc(OCCN3CCCCC3)n2)c1. The predicted octanol–water partition coefficient (Wildman–Crippen LogP) is 3.54. The van der Waals surface area contributed by atoms with Crippen molar-refractivity contribution in [2.75, 3.05) is 62.9 Å². The lowest BCUT2D eigenvalue weighted by atomic mass is 10.1. The maximum absolute atomic E-state index is 6.06. The maximum atomic E-state index is 6.06. The Hall–Kier alpha value is -2.64. The quantitative estimate of drug-likeness (QED) is 0.518. The number of likely N-dealkylation sites (tertiary alicyclic amines) is 1. The van der Waals surface area contributed by atoms with Gasteiger partial charge in [0.1, 0.15) is 6.61 Å². The van der Waals surface area contributed by atoms with Crippen LogP contribution in [0.5, 0.6) is 5.88 Å². The van der Waals surface area contributed by atoms with Crippen LogP contribution in [-0.4, -0.2) is 68.6 Å². The number of aryl methyl sites for hydroxylation is 1. The van der Waals surface area contributed by atoms with Crippen molar-refractivity contribution in [3.63, 3.8) is 0 Å². The summed E-state index contributed by atoms with van der Waals surface area (Å²) in [4.78, 5) is 9.41. The van der Waals surface area contributed by atoms with Gasteiger partial charge in [0.15, 0.2) is 5.82 Å². The van der Waals surface area contributed by atoms with Crippen LogP contribution in [0.4, 0.5) is 11.5 Å². The molecule has 0 radical (unpaired) electrons. The highest BCUT2D eigenvalue weighted by Crippen LogP contribution is 2.25. The number of aromatic nitrogens is 1. The summed E-state index contributed by atoms with van der Waals surface area (Å²) in [5, 5.41) is 4.39. The molecule has 1 N–H and O–H groups in total. The van der Waals surface area contributed by atoms with Gasteiger partial charge >= 0.3 is 0 Å². The number of nitrogens with zero attached hydrogens (tertiary/aromatic N) is 4. The fourth-order valence-corrected chi connectivity index (χ4v) is 4.01. The molecule has 166 valence electrons. The van der Waals surface area contributed by atoms with Crippen LogP contribution in [-0.2, 0) is 4.74 Å². The second kappa shape index (κ2) is 11.1. The number of hydrogen-bond donors (Lipinski definition) is 1. The molecule has 2 aromatic rings. The third-order valence-electron chi connectivity index (χ3n) is 5.70. The molecule has 0 spiro atoms. The van der Waals surface area contributed by atoms with Gasteiger partial charge in [-0.2, -0.15) is 10.1 Å². The summed E-state index contributed by atoms with van der Waals surface area (Å²) >= 11 is 0. The predicted molar refractivity (Wildman–Crippen MR) is 125 cm³/mol. The van der Waals surface area contributed by atoms with Gasteiger partial charge in [0.25, 0.3) is 0 Å². The summed E-state index contributed by atoms with van der Waals surface area (Å²) in [7, 11) is 0. The van der Waals surface area contributed by atoms with Crippen LogP contribution in [0.3, 0.4) is 0 Å². The van der Waals surface area contributed by atoms with E-state index in [1.807, 2.05) is 30.5 Å². The zero-order valence-corrected chi connectivity index (χ0v) is 18.4. The number of morpholine rings is 1. The molecule has 0 amide bonds.